The molecule has 0 aliphatic rings. The number of phosphoric ester groups is 1. The summed E-state index contributed by atoms with van der Waals surface area (Å²) in [5.74, 6) is -0.872. The van der Waals surface area contributed by atoms with Crippen LogP contribution < -0.4 is 0 Å². The number of rotatable bonds is 66. The van der Waals surface area contributed by atoms with Crippen LogP contribution in [0.4, 0.5) is 0 Å². The Hall–Kier alpha value is -6.19. The molecule has 0 aromatic heterocycles. The lowest BCUT2D eigenvalue weighted by atomic mass is 10.1. The molecule has 0 heterocycles. The molecule has 0 rings (SSSR count). The van der Waals surface area contributed by atoms with Crippen molar-refractivity contribution in [3.8, 4) is 0 Å². The SMILES string of the molecule is CC/C=C\C/C=C\C/C=C\C/C=C\C/C=C\C/C=C\C/C=C\C/C=C\C/C=C\C/C=C\C/C=C\C/C=C\CCCCC(=O)OC(COC(=O)CCCCCCCCCCCC/C=C\C/C=C\C/C=C\C/C=C\C/C=C\C/C=C\C/C=C\C/C=C\CC)COP(=O)(O)OCC[N+](C)(C)C. The molecule has 0 radical (unpaired) electrons. The summed E-state index contributed by atoms with van der Waals surface area (Å²) < 4.78 is 34.7. The highest BCUT2D eigenvalue weighted by Crippen LogP contribution is 2.43. The Balaban J connectivity index is 4.22. The summed E-state index contributed by atoms with van der Waals surface area (Å²) in [6.07, 6.45) is 123. The van der Waals surface area contributed by atoms with Gasteiger partial charge in [-0.3, -0.25) is 18.6 Å². The number of carbonyl (C=O) groups is 2. The maximum Gasteiger partial charge on any atom is 0.472 e. The molecule has 1 N–H and O–H groups in total. The van der Waals surface area contributed by atoms with Gasteiger partial charge in [-0.1, -0.05) is 308 Å². The van der Waals surface area contributed by atoms with Crippen LogP contribution in [0.25, 0.3) is 0 Å². The first-order valence-electron chi connectivity index (χ1n) is 37.8. The van der Waals surface area contributed by atoms with Crippen LogP contribution in [-0.4, -0.2) is 74.9 Å². The predicted octanol–water partition coefficient (Wildman–Crippen LogP) is 25.5. The van der Waals surface area contributed by atoms with Crippen LogP contribution in [-0.2, 0) is 32.7 Å². The zero-order valence-corrected chi connectivity index (χ0v) is 63.0. The van der Waals surface area contributed by atoms with E-state index in [-0.39, 0.29) is 26.1 Å². The van der Waals surface area contributed by atoms with Crippen LogP contribution in [0, 0.1) is 0 Å². The highest BCUT2D eigenvalue weighted by atomic mass is 31.2. The fourth-order valence-corrected chi connectivity index (χ4v) is 9.93. The molecule has 0 bridgehead atoms. The number of esters is 2. The van der Waals surface area contributed by atoms with Crippen molar-refractivity contribution < 1.29 is 42.1 Å². The summed E-state index contributed by atoms with van der Waals surface area (Å²) >= 11 is 0. The Morgan fingerprint density at radius 1 is 0.316 bits per heavy atom. The van der Waals surface area contributed by atoms with E-state index in [4.69, 9.17) is 18.5 Å². The quantitative estimate of drug-likeness (QED) is 0.0211. The number of unbranched alkanes of at least 4 members (excludes halogenated alkanes) is 12. The Bertz CT molecular complexity index is 2560. The van der Waals surface area contributed by atoms with E-state index in [1.807, 2.05) is 21.1 Å². The van der Waals surface area contributed by atoms with Crippen LogP contribution in [0.3, 0.4) is 0 Å². The standard InChI is InChI=1S/C88H136NO8P/c1-6-8-10-12-14-16-18-20-22-24-26-28-30-32-34-36-38-40-42-43-44-45-47-49-51-53-55-57-59-61-63-65-67-69-71-73-75-77-79-81-88(91)97-86(85-96-98(92,93)95-83-82-89(3,4)5)84-94-87(90)80-78-76-74-72-70-68-66-64-62-60-58-56-54-52-50-48-46-41-39-37-35-33-31-29-27-25-23-21-19-17-15-13-11-9-7-2/h8-11,14-17,20-23,26-29,32-35,38-41,43-44,47-50,53-56,59,61,65,67,71,73,86H,6-7,12-13,18-19,24-25,30-31,36-37,42,45-46,51-52,57-58,60,62-64,66,68-70,72,74-85H2,1-5H3/p+1/b10-8-,11-9-,16-14-,17-15-,22-20-,23-21-,28-26-,29-27-,34-32-,35-33-,40-38-,41-39-,44-43-,49-47-,50-48-,55-53-,56-54-,61-59-,67-65-,73-71-. The van der Waals surface area contributed by atoms with Gasteiger partial charge < -0.3 is 18.9 Å². The first kappa shape index (κ1) is 91.8. The molecule has 0 fully saturated rings. The number of carbonyl (C=O) groups excluding carboxylic acids is 2. The molecule has 98 heavy (non-hydrogen) atoms. The summed E-state index contributed by atoms with van der Waals surface area (Å²) in [6.45, 7) is 4.12. The van der Waals surface area contributed by atoms with Gasteiger partial charge in [-0.2, -0.15) is 0 Å². The molecule has 9 nitrogen and oxygen atoms in total. The summed E-state index contributed by atoms with van der Waals surface area (Å²) in [4.78, 5) is 35.9. The first-order chi connectivity index (χ1) is 48.0. The molecular formula is C88H137NO8P+. The summed E-state index contributed by atoms with van der Waals surface area (Å²) in [5.41, 5.74) is 0. The molecule has 10 heteroatoms. The number of likely N-dealkylation sites (N-methyl/N-ethyl adjacent to an activating group) is 1. The van der Waals surface area contributed by atoms with Gasteiger partial charge in [0.15, 0.2) is 6.10 Å². The van der Waals surface area contributed by atoms with Crippen molar-refractivity contribution in [2.45, 2.75) is 251 Å². The van der Waals surface area contributed by atoms with Crippen LogP contribution in [0.1, 0.15) is 245 Å². The summed E-state index contributed by atoms with van der Waals surface area (Å²) in [5, 5.41) is 0. The van der Waals surface area contributed by atoms with Crippen LogP contribution in [0.5, 0.6) is 0 Å². The zero-order valence-electron chi connectivity index (χ0n) is 62.2. The lowest BCUT2D eigenvalue weighted by molar-refractivity contribution is -0.870. The Morgan fingerprint density at radius 3 is 0.837 bits per heavy atom. The minimum atomic E-state index is -4.43. The van der Waals surface area contributed by atoms with Gasteiger partial charge in [0.1, 0.15) is 19.8 Å². The number of phosphoric acid groups is 1. The van der Waals surface area contributed by atoms with E-state index in [9.17, 15) is 19.0 Å². The maximum absolute atomic E-state index is 12.9. The minimum absolute atomic E-state index is 0.00878. The van der Waals surface area contributed by atoms with Crippen LogP contribution in [0.15, 0.2) is 243 Å². The largest absolute Gasteiger partial charge is 0.472 e. The number of allylic oxidation sites excluding steroid dienone is 40. The van der Waals surface area contributed by atoms with Gasteiger partial charge in [0.05, 0.1) is 27.7 Å². The van der Waals surface area contributed by atoms with E-state index in [2.05, 4.69) is 257 Å². The van der Waals surface area contributed by atoms with Gasteiger partial charge in [0.2, 0.25) is 0 Å². The maximum atomic E-state index is 12.9. The topological polar surface area (TPSA) is 108 Å². The Kier molecular flexibility index (Phi) is 70.3. The fraction of sp³-hybridized carbons (Fsp3) is 0.523. The molecule has 0 aliphatic carbocycles. The van der Waals surface area contributed by atoms with Crippen molar-refractivity contribution >= 4 is 19.8 Å². The van der Waals surface area contributed by atoms with Gasteiger partial charge in [0.25, 0.3) is 0 Å². The van der Waals surface area contributed by atoms with E-state index < -0.39 is 32.5 Å². The molecule has 0 spiro atoms. The summed E-state index contributed by atoms with van der Waals surface area (Å²) in [7, 11) is 1.41. The molecule has 2 atom stereocenters. The third-order valence-corrected chi connectivity index (χ3v) is 15.9. The van der Waals surface area contributed by atoms with E-state index >= 15 is 0 Å². The second-order valence-electron chi connectivity index (χ2n) is 25.2. The van der Waals surface area contributed by atoms with E-state index in [1.165, 1.54) is 38.5 Å². The molecule has 0 saturated carbocycles. The second-order valence-corrected chi connectivity index (χ2v) is 26.7. The van der Waals surface area contributed by atoms with E-state index in [1.54, 1.807) is 0 Å². The Morgan fingerprint density at radius 2 is 0.551 bits per heavy atom. The van der Waals surface area contributed by atoms with E-state index in [0.717, 1.165) is 167 Å². The number of ether oxygens (including phenoxy) is 2. The molecule has 0 saturated heterocycles. The molecule has 0 amide bonds. The highest BCUT2D eigenvalue weighted by molar-refractivity contribution is 7.47. The van der Waals surface area contributed by atoms with Crippen molar-refractivity contribution in [3.63, 3.8) is 0 Å². The first-order valence-corrected chi connectivity index (χ1v) is 39.3. The Labute approximate surface area is 600 Å². The van der Waals surface area contributed by atoms with Crippen molar-refractivity contribution in [3.05, 3.63) is 243 Å². The average Bonchev–Trinajstić information content (AvgIpc) is 1.23. The third-order valence-electron chi connectivity index (χ3n) is 14.9. The fourth-order valence-electron chi connectivity index (χ4n) is 9.19. The third kappa shape index (κ3) is 78.8. The van der Waals surface area contributed by atoms with Gasteiger partial charge in [-0.15, -0.1) is 0 Å². The lowest BCUT2D eigenvalue weighted by Gasteiger charge is -2.24. The number of quaternary nitrogens is 1. The summed E-state index contributed by atoms with van der Waals surface area (Å²) in [6, 6.07) is 0. The smallest absolute Gasteiger partial charge is 0.462 e. The predicted molar refractivity (Wildman–Crippen MR) is 426 cm³/mol. The molecule has 0 aromatic carbocycles. The molecule has 0 aliphatic heterocycles. The van der Waals surface area contributed by atoms with Crippen LogP contribution >= 0.6 is 7.82 Å². The van der Waals surface area contributed by atoms with Crippen molar-refractivity contribution in [1.29, 1.82) is 0 Å². The zero-order chi connectivity index (χ0) is 71.1. The molecule has 546 valence electrons. The van der Waals surface area contributed by atoms with Gasteiger partial charge in [-0.25, -0.2) is 4.57 Å². The number of hydrogen-bond acceptors (Lipinski definition) is 7. The normalized spacial score (nSPS) is 14.5. The highest BCUT2D eigenvalue weighted by Gasteiger charge is 2.27. The molecule has 2 unspecified atom stereocenters. The monoisotopic (exact) mass is 1370 g/mol. The lowest BCUT2D eigenvalue weighted by Crippen LogP contribution is -2.37. The number of hydrogen-bond donors (Lipinski definition) is 1. The second kappa shape index (κ2) is 75.0. The van der Waals surface area contributed by atoms with Crippen molar-refractivity contribution in [2.24, 2.45) is 0 Å². The molecular weight excluding hydrogens is 1230 g/mol. The van der Waals surface area contributed by atoms with Gasteiger partial charge >= 0.3 is 19.8 Å². The minimum Gasteiger partial charge on any atom is -0.462 e. The van der Waals surface area contributed by atoms with Gasteiger partial charge in [0, 0.05) is 12.8 Å². The van der Waals surface area contributed by atoms with Gasteiger partial charge in [-0.05, 0) is 167 Å². The van der Waals surface area contributed by atoms with Crippen molar-refractivity contribution in [2.75, 3.05) is 47.5 Å². The number of nitrogens with zero attached hydrogens (tertiary/aromatic N) is 1. The van der Waals surface area contributed by atoms with Crippen LogP contribution in [0.2, 0.25) is 0 Å². The molecule has 0 aromatic rings. The average molecular weight is 1370 g/mol. The van der Waals surface area contributed by atoms with Crippen molar-refractivity contribution in [1.82, 2.24) is 0 Å². The van der Waals surface area contributed by atoms with E-state index in [0.29, 0.717) is 23.9 Å².